The minimum atomic E-state index is 0.0182. The highest BCUT2D eigenvalue weighted by Gasteiger charge is 2.26. The van der Waals surface area contributed by atoms with Crippen molar-refractivity contribution in [3.8, 4) is 5.75 Å². The van der Waals surface area contributed by atoms with E-state index >= 15 is 0 Å². The predicted octanol–water partition coefficient (Wildman–Crippen LogP) is 2.94. The number of hydrogen-bond acceptors (Lipinski definition) is 5. The van der Waals surface area contributed by atoms with Gasteiger partial charge in [0.15, 0.2) is 0 Å². The van der Waals surface area contributed by atoms with Crippen LogP contribution >= 0.6 is 11.3 Å². The molecule has 1 aromatic heterocycles. The van der Waals surface area contributed by atoms with Gasteiger partial charge in [0.05, 0.1) is 5.01 Å². The average Bonchev–Trinajstić information content (AvgIpc) is 3.07. The number of nitrogens with zero attached hydrogens (tertiary/aromatic N) is 2. The first-order chi connectivity index (χ1) is 12.1. The molecule has 2 N–H and O–H groups in total. The number of rotatable bonds is 5. The van der Waals surface area contributed by atoms with Crippen LogP contribution in [0.15, 0.2) is 23.6 Å². The van der Waals surface area contributed by atoms with Crippen LogP contribution in [0.3, 0.4) is 0 Å². The third-order valence-corrected chi connectivity index (χ3v) is 5.40. The van der Waals surface area contributed by atoms with E-state index in [0.717, 1.165) is 35.6 Å². The van der Waals surface area contributed by atoms with Gasteiger partial charge in [-0.1, -0.05) is 12.1 Å². The highest BCUT2D eigenvalue weighted by Crippen LogP contribution is 2.24. The molecular formula is C19H25N3O2S. The molecule has 0 saturated carbocycles. The zero-order valence-corrected chi connectivity index (χ0v) is 15.6. The lowest BCUT2D eigenvalue weighted by molar-refractivity contribution is 0.0589. The number of aryl methyl sites for hydroxylation is 2. The summed E-state index contributed by atoms with van der Waals surface area (Å²) in [7, 11) is 0. The van der Waals surface area contributed by atoms with Crippen LogP contribution in [0.2, 0.25) is 0 Å². The van der Waals surface area contributed by atoms with Crippen LogP contribution in [0.5, 0.6) is 5.75 Å². The second-order valence-corrected chi connectivity index (χ2v) is 7.49. The Kier molecular flexibility index (Phi) is 5.71. The van der Waals surface area contributed by atoms with E-state index in [2.05, 4.69) is 37.0 Å². The Morgan fingerprint density at radius 1 is 1.36 bits per heavy atom. The van der Waals surface area contributed by atoms with Crippen LogP contribution in [0.4, 0.5) is 0 Å². The summed E-state index contributed by atoms with van der Waals surface area (Å²) in [5.74, 6) is 0.973. The van der Waals surface area contributed by atoms with Gasteiger partial charge in [-0.2, -0.15) is 0 Å². The molecule has 25 heavy (non-hydrogen) atoms. The molecule has 0 bridgehead atoms. The summed E-state index contributed by atoms with van der Waals surface area (Å²) in [5, 5.41) is 2.77. The predicted molar refractivity (Wildman–Crippen MR) is 100 cm³/mol. The quantitative estimate of drug-likeness (QED) is 0.891. The number of nitrogens with two attached hydrogens (primary N) is 1. The standard InChI is InChI=1S/C19H25N3O2S/c1-13-3-4-14(2)17(11-13)24-15-6-9-22(10-7-15)19(23)16-12-25-18(21-16)5-8-20/h3-4,11-12,15H,5-10,20H2,1-2H3. The van der Waals surface area contributed by atoms with Crippen molar-refractivity contribution in [2.75, 3.05) is 19.6 Å². The Bertz CT molecular complexity index is 736. The molecule has 1 saturated heterocycles. The number of likely N-dealkylation sites (tertiary alicyclic amines) is 1. The SMILES string of the molecule is Cc1ccc(C)c(OC2CCN(C(=O)c3csc(CCN)n3)CC2)c1. The molecule has 0 atom stereocenters. The van der Waals surface area contributed by atoms with Crippen molar-refractivity contribution in [3.05, 3.63) is 45.4 Å². The first kappa shape index (κ1) is 17.9. The van der Waals surface area contributed by atoms with E-state index in [9.17, 15) is 4.79 Å². The number of benzene rings is 1. The number of hydrogen-bond donors (Lipinski definition) is 1. The minimum absolute atomic E-state index is 0.0182. The fourth-order valence-corrected chi connectivity index (χ4v) is 3.79. The van der Waals surface area contributed by atoms with Crippen molar-refractivity contribution in [3.63, 3.8) is 0 Å². The Labute approximate surface area is 152 Å². The van der Waals surface area contributed by atoms with E-state index < -0.39 is 0 Å². The van der Waals surface area contributed by atoms with Gasteiger partial charge in [0.1, 0.15) is 17.5 Å². The Balaban J connectivity index is 1.56. The van der Waals surface area contributed by atoms with Gasteiger partial charge in [0, 0.05) is 37.7 Å². The van der Waals surface area contributed by atoms with E-state index in [-0.39, 0.29) is 12.0 Å². The molecule has 1 aliphatic heterocycles. The molecular weight excluding hydrogens is 334 g/mol. The molecule has 0 aliphatic carbocycles. The Morgan fingerprint density at radius 3 is 2.84 bits per heavy atom. The summed E-state index contributed by atoms with van der Waals surface area (Å²) in [6, 6.07) is 6.27. The van der Waals surface area contributed by atoms with Gasteiger partial charge >= 0.3 is 0 Å². The number of ether oxygens (including phenoxy) is 1. The van der Waals surface area contributed by atoms with Gasteiger partial charge in [-0.3, -0.25) is 4.79 Å². The van der Waals surface area contributed by atoms with Crippen LogP contribution in [0.1, 0.15) is 39.5 Å². The van der Waals surface area contributed by atoms with Crippen molar-refractivity contribution in [1.82, 2.24) is 9.88 Å². The molecule has 1 fully saturated rings. The van der Waals surface area contributed by atoms with Crippen molar-refractivity contribution in [2.45, 2.75) is 39.2 Å². The fourth-order valence-electron chi connectivity index (χ4n) is 3.00. The molecule has 1 aliphatic rings. The molecule has 0 spiro atoms. The molecule has 0 radical (unpaired) electrons. The average molecular weight is 359 g/mol. The van der Waals surface area contributed by atoms with Crippen LogP contribution in [0.25, 0.3) is 0 Å². The molecule has 134 valence electrons. The second kappa shape index (κ2) is 7.97. The zero-order chi connectivity index (χ0) is 17.8. The number of amides is 1. The second-order valence-electron chi connectivity index (χ2n) is 6.54. The largest absolute Gasteiger partial charge is 0.490 e. The van der Waals surface area contributed by atoms with Crippen molar-refractivity contribution >= 4 is 17.2 Å². The van der Waals surface area contributed by atoms with E-state index in [0.29, 0.717) is 25.3 Å². The summed E-state index contributed by atoms with van der Waals surface area (Å²) in [6.45, 7) is 6.10. The number of aromatic nitrogens is 1. The van der Waals surface area contributed by atoms with Crippen LogP contribution in [-0.4, -0.2) is 41.5 Å². The van der Waals surface area contributed by atoms with E-state index in [1.165, 1.54) is 16.9 Å². The highest BCUT2D eigenvalue weighted by atomic mass is 32.1. The third kappa shape index (κ3) is 4.38. The van der Waals surface area contributed by atoms with E-state index in [1.807, 2.05) is 10.3 Å². The highest BCUT2D eigenvalue weighted by molar-refractivity contribution is 7.09. The molecule has 1 aromatic carbocycles. The molecule has 2 aromatic rings. The van der Waals surface area contributed by atoms with Crippen LogP contribution in [0, 0.1) is 13.8 Å². The molecule has 1 amide bonds. The number of carbonyl (C=O) groups excluding carboxylic acids is 1. The summed E-state index contributed by atoms with van der Waals surface area (Å²) < 4.78 is 6.17. The molecule has 0 unspecified atom stereocenters. The number of piperidine rings is 1. The monoisotopic (exact) mass is 359 g/mol. The van der Waals surface area contributed by atoms with Crippen LogP contribution in [-0.2, 0) is 6.42 Å². The summed E-state index contributed by atoms with van der Waals surface area (Å²) in [4.78, 5) is 18.9. The first-order valence-corrected chi connectivity index (χ1v) is 9.62. The van der Waals surface area contributed by atoms with E-state index in [1.54, 1.807) is 0 Å². The van der Waals surface area contributed by atoms with E-state index in [4.69, 9.17) is 10.5 Å². The molecule has 3 rings (SSSR count). The van der Waals surface area contributed by atoms with Gasteiger partial charge in [-0.15, -0.1) is 11.3 Å². The van der Waals surface area contributed by atoms with Gasteiger partial charge in [-0.05, 0) is 37.6 Å². The maximum absolute atomic E-state index is 12.6. The summed E-state index contributed by atoms with van der Waals surface area (Å²) >= 11 is 1.51. The maximum atomic E-state index is 12.6. The lowest BCUT2D eigenvalue weighted by Crippen LogP contribution is -2.42. The Morgan fingerprint density at radius 2 is 2.12 bits per heavy atom. The Hall–Kier alpha value is -1.92. The molecule has 6 heteroatoms. The first-order valence-electron chi connectivity index (χ1n) is 8.74. The smallest absolute Gasteiger partial charge is 0.273 e. The summed E-state index contributed by atoms with van der Waals surface area (Å²) in [5.41, 5.74) is 8.44. The van der Waals surface area contributed by atoms with Gasteiger partial charge in [0.25, 0.3) is 5.91 Å². The number of carbonyl (C=O) groups is 1. The zero-order valence-electron chi connectivity index (χ0n) is 14.8. The van der Waals surface area contributed by atoms with Gasteiger partial charge < -0.3 is 15.4 Å². The third-order valence-electron chi connectivity index (χ3n) is 4.50. The minimum Gasteiger partial charge on any atom is -0.490 e. The van der Waals surface area contributed by atoms with Crippen molar-refractivity contribution < 1.29 is 9.53 Å². The topological polar surface area (TPSA) is 68.5 Å². The maximum Gasteiger partial charge on any atom is 0.273 e. The molecule has 5 nitrogen and oxygen atoms in total. The lowest BCUT2D eigenvalue weighted by atomic mass is 10.1. The van der Waals surface area contributed by atoms with Crippen molar-refractivity contribution in [2.24, 2.45) is 5.73 Å². The van der Waals surface area contributed by atoms with Crippen LogP contribution < -0.4 is 10.5 Å². The van der Waals surface area contributed by atoms with Crippen molar-refractivity contribution in [1.29, 1.82) is 0 Å². The fraction of sp³-hybridized carbons (Fsp3) is 0.474. The summed E-state index contributed by atoms with van der Waals surface area (Å²) in [6.07, 6.45) is 2.58. The molecule has 2 heterocycles. The lowest BCUT2D eigenvalue weighted by Gasteiger charge is -2.32. The normalized spacial score (nSPS) is 15.4. The van der Waals surface area contributed by atoms with Gasteiger partial charge in [-0.25, -0.2) is 4.98 Å². The number of thiazole rings is 1. The van der Waals surface area contributed by atoms with Gasteiger partial charge in [0.2, 0.25) is 0 Å².